The van der Waals surface area contributed by atoms with Crippen LogP contribution in [0, 0.1) is 0 Å². The third kappa shape index (κ3) is 6.33. The van der Waals surface area contributed by atoms with Crippen LogP contribution in [-0.2, 0) is 17.8 Å². The molecule has 1 aliphatic rings. The number of rotatable bonds is 4. The predicted octanol–water partition coefficient (Wildman–Crippen LogP) is 4.18. The van der Waals surface area contributed by atoms with Gasteiger partial charge in [-0.1, -0.05) is 31.9 Å². The number of carbonyl (C=O) groups is 1. The summed E-state index contributed by atoms with van der Waals surface area (Å²) in [6.07, 6.45) is 1.40. The smallest absolute Gasteiger partial charge is 0.410 e. The summed E-state index contributed by atoms with van der Waals surface area (Å²) in [6.45, 7) is 8.73. The van der Waals surface area contributed by atoms with E-state index in [0.717, 1.165) is 14.5 Å². The van der Waals surface area contributed by atoms with Gasteiger partial charge in [0, 0.05) is 53.4 Å². The molecule has 1 saturated heterocycles. The Hall–Kier alpha value is -1.84. The SMILES string of the molecule is CC(C)(C)OC(=O)N1CCN(Cc2ccn(Cc3cc(Br)ccc3Br)c(=O)c2O)CC1. The van der Waals surface area contributed by atoms with E-state index in [0.29, 0.717) is 44.8 Å². The van der Waals surface area contributed by atoms with Gasteiger partial charge in [-0.05, 0) is 50.6 Å². The lowest BCUT2D eigenvalue weighted by Crippen LogP contribution is -2.49. The first-order valence-corrected chi connectivity index (χ1v) is 11.7. The number of pyridine rings is 1. The number of hydrogen-bond acceptors (Lipinski definition) is 5. The molecule has 0 aliphatic carbocycles. The summed E-state index contributed by atoms with van der Waals surface area (Å²) in [6, 6.07) is 7.55. The Kier molecular flexibility index (Phi) is 7.49. The number of amides is 1. The Morgan fingerprint density at radius 3 is 2.39 bits per heavy atom. The third-order valence-electron chi connectivity index (χ3n) is 4.99. The molecule has 1 N–H and O–H groups in total. The zero-order valence-electron chi connectivity index (χ0n) is 17.9. The lowest BCUT2D eigenvalue weighted by molar-refractivity contribution is 0.0138. The number of aromatic nitrogens is 1. The maximum absolute atomic E-state index is 12.7. The van der Waals surface area contributed by atoms with E-state index in [1.165, 1.54) is 4.57 Å². The second-order valence-electron chi connectivity index (χ2n) is 8.60. The molecule has 168 valence electrons. The number of benzene rings is 1. The highest BCUT2D eigenvalue weighted by molar-refractivity contribution is 9.11. The highest BCUT2D eigenvalue weighted by Crippen LogP contribution is 2.23. The van der Waals surface area contributed by atoms with E-state index in [1.807, 2.05) is 39.0 Å². The van der Waals surface area contributed by atoms with E-state index in [1.54, 1.807) is 17.2 Å². The van der Waals surface area contributed by atoms with Gasteiger partial charge in [-0.3, -0.25) is 9.69 Å². The maximum atomic E-state index is 12.7. The van der Waals surface area contributed by atoms with Gasteiger partial charge in [-0.2, -0.15) is 0 Å². The number of piperazine rings is 1. The van der Waals surface area contributed by atoms with Crippen molar-refractivity contribution in [1.82, 2.24) is 14.4 Å². The summed E-state index contributed by atoms with van der Waals surface area (Å²) in [4.78, 5) is 28.7. The molecule has 1 amide bonds. The largest absolute Gasteiger partial charge is 0.503 e. The van der Waals surface area contributed by atoms with Crippen molar-refractivity contribution >= 4 is 38.0 Å². The molecule has 2 aromatic rings. The fraction of sp³-hybridized carbons (Fsp3) is 0.455. The van der Waals surface area contributed by atoms with Crippen molar-refractivity contribution in [2.45, 2.75) is 39.5 Å². The molecule has 1 fully saturated rings. The molecule has 0 bridgehead atoms. The standard InChI is InChI=1S/C22H27Br2N3O4/c1-22(2,3)31-21(30)26-10-8-25(9-11-26)13-15-6-7-27(20(29)19(15)28)14-16-12-17(23)4-5-18(16)24/h4-7,12,28H,8-11,13-14H2,1-3H3. The molecule has 2 heterocycles. The fourth-order valence-corrected chi connectivity index (χ4v) is 4.14. The van der Waals surface area contributed by atoms with Crippen LogP contribution in [0.3, 0.4) is 0 Å². The molecule has 31 heavy (non-hydrogen) atoms. The summed E-state index contributed by atoms with van der Waals surface area (Å²) in [5.41, 5.74) is 0.578. The van der Waals surface area contributed by atoms with Gasteiger partial charge in [0.1, 0.15) is 5.60 Å². The number of hydrogen-bond donors (Lipinski definition) is 1. The minimum absolute atomic E-state index is 0.233. The number of aromatic hydroxyl groups is 1. The number of carbonyl (C=O) groups excluding carboxylic acids is 1. The summed E-state index contributed by atoms with van der Waals surface area (Å²) in [5.74, 6) is -0.233. The van der Waals surface area contributed by atoms with Crippen LogP contribution in [0.5, 0.6) is 5.75 Å². The highest BCUT2D eigenvalue weighted by atomic mass is 79.9. The van der Waals surface area contributed by atoms with Crippen LogP contribution in [0.25, 0.3) is 0 Å². The minimum Gasteiger partial charge on any atom is -0.503 e. The summed E-state index contributed by atoms with van der Waals surface area (Å²) >= 11 is 6.94. The van der Waals surface area contributed by atoms with Crippen molar-refractivity contribution in [1.29, 1.82) is 0 Å². The van der Waals surface area contributed by atoms with E-state index in [2.05, 4.69) is 36.8 Å². The average molecular weight is 557 g/mol. The van der Waals surface area contributed by atoms with Crippen LogP contribution in [-0.4, -0.2) is 57.3 Å². The van der Waals surface area contributed by atoms with Gasteiger partial charge in [0.15, 0.2) is 5.75 Å². The molecule has 1 aromatic carbocycles. The van der Waals surface area contributed by atoms with E-state index in [-0.39, 0.29) is 11.8 Å². The number of nitrogens with zero attached hydrogens (tertiary/aromatic N) is 3. The first-order valence-electron chi connectivity index (χ1n) is 10.1. The van der Waals surface area contributed by atoms with Crippen molar-refractivity contribution < 1.29 is 14.6 Å². The first kappa shape index (κ1) is 23.8. The summed E-state index contributed by atoms with van der Waals surface area (Å²) in [7, 11) is 0. The molecule has 3 rings (SSSR count). The Morgan fingerprint density at radius 1 is 1.06 bits per heavy atom. The molecule has 0 unspecified atom stereocenters. The van der Waals surface area contributed by atoms with Gasteiger partial charge >= 0.3 is 6.09 Å². The Bertz CT molecular complexity index is 1010. The second kappa shape index (κ2) is 9.75. The average Bonchev–Trinajstić information content (AvgIpc) is 2.69. The van der Waals surface area contributed by atoms with Gasteiger partial charge in [-0.25, -0.2) is 4.79 Å². The predicted molar refractivity (Wildman–Crippen MR) is 126 cm³/mol. The van der Waals surface area contributed by atoms with Gasteiger partial charge in [-0.15, -0.1) is 0 Å². The molecule has 0 spiro atoms. The molecule has 0 atom stereocenters. The van der Waals surface area contributed by atoms with Gasteiger partial charge in [0.2, 0.25) is 0 Å². The molecular formula is C22H27Br2N3O4. The van der Waals surface area contributed by atoms with E-state index >= 15 is 0 Å². The molecule has 7 nitrogen and oxygen atoms in total. The zero-order valence-corrected chi connectivity index (χ0v) is 21.1. The van der Waals surface area contributed by atoms with Crippen LogP contribution in [0.4, 0.5) is 4.79 Å². The van der Waals surface area contributed by atoms with Gasteiger partial charge in [0.05, 0.1) is 6.54 Å². The molecular weight excluding hydrogens is 530 g/mol. The minimum atomic E-state index is -0.518. The van der Waals surface area contributed by atoms with Crippen LogP contribution >= 0.6 is 31.9 Å². The normalized spacial score (nSPS) is 15.2. The van der Waals surface area contributed by atoms with Crippen molar-refractivity contribution in [2.75, 3.05) is 26.2 Å². The van der Waals surface area contributed by atoms with Gasteiger partial charge < -0.3 is 19.3 Å². The number of halogens is 2. The quantitative estimate of drug-likeness (QED) is 0.611. The second-order valence-corrected chi connectivity index (χ2v) is 10.4. The molecule has 9 heteroatoms. The fourth-order valence-electron chi connectivity index (χ4n) is 3.36. The van der Waals surface area contributed by atoms with Crippen LogP contribution in [0.2, 0.25) is 0 Å². The lowest BCUT2D eigenvalue weighted by Gasteiger charge is -2.35. The first-order chi connectivity index (χ1) is 14.5. The lowest BCUT2D eigenvalue weighted by atomic mass is 10.2. The van der Waals surface area contributed by atoms with Crippen molar-refractivity contribution in [3.05, 3.63) is 60.9 Å². The number of ether oxygens (including phenoxy) is 1. The van der Waals surface area contributed by atoms with Crippen LogP contribution in [0.15, 0.2) is 44.2 Å². The Morgan fingerprint density at radius 2 is 1.74 bits per heavy atom. The molecule has 1 aromatic heterocycles. The van der Waals surface area contributed by atoms with Crippen molar-refractivity contribution in [2.24, 2.45) is 0 Å². The van der Waals surface area contributed by atoms with E-state index in [4.69, 9.17) is 4.74 Å². The zero-order chi connectivity index (χ0) is 22.8. The maximum Gasteiger partial charge on any atom is 0.410 e. The van der Waals surface area contributed by atoms with E-state index in [9.17, 15) is 14.7 Å². The molecule has 0 radical (unpaired) electrons. The van der Waals surface area contributed by atoms with Crippen molar-refractivity contribution in [3.63, 3.8) is 0 Å². The highest BCUT2D eigenvalue weighted by Gasteiger charge is 2.26. The summed E-state index contributed by atoms with van der Waals surface area (Å²) < 4.78 is 8.73. The van der Waals surface area contributed by atoms with Crippen molar-refractivity contribution in [3.8, 4) is 5.75 Å². The van der Waals surface area contributed by atoms with Crippen LogP contribution < -0.4 is 5.56 Å². The van der Waals surface area contributed by atoms with E-state index < -0.39 is 11.2 Å². The Labute approximate surface area is 198 Å². The molecule has 0 saturated carbocycles. The van der Waals surface area contributed by atoms with Gasteiger partial charge in [0.25, 0.3) is 5.56 Å². The Balaban J connectivity index is 1.63. The monoisotopic (exact) mass is 555 g/mol. The summed E-state index contributed by atoms with van der Waals surface area (Å²) in [5, 5.41) is 10.5. The van der Waals surface area contributed by atoms with Crippen LogP contribution in [0.1, 0.15) is 31.9 Å². The molecule has 1 aliphatic heterocycles. The topological polar surface area (TPSA) is 75.0 Å². The third-order valence-corrected chi connectivity index (χ3v) is 6.26.